The highest BCUT2D eigenvalue weighted by atomic mass is 32.2. The van der Waals surface area contributed by atoms with Crippen molar-refractivity contribution in [1.29, 1.82) is 0 Å². The van der Waals surface area contributed by atoms with Gasteiger partial charge in [0.1, 0.15) is 11.4 Å². The maximum Gasteiger partial charge on any atom is 0.268 e. The number of fused-ring (bicyclic) bond motifs is 1. The first-order valence-electron chi connectivity index (χ1n) is 9.97. The van der Waals surface area contributed by atoms with E-state index in [1.54, 1.807) is 21.6 Å². The largest absolute Gasteiger partial charge is 0.324 e. The Kier molecular flexibility index (Phi) is 6.50. The first-order chi connectivity index (χ1) is 14.7. The van der Waals surface area contributed by atoms with Crippen LogP contribution in [0.1, 0.15) is 34.1 Å². The maximum absolute atomic E-state index is 13.4. The van der Waals surface area contributed by atoms with Crippen molar-refractivity contribution in [3.63, 3.8) is 0 Å². The Balaban J connectivity index is 1.69. The Morgan fingerprint density at radius 2 is 1.60 bits per heavy atom. The average Bonchev–Trinajstić information content (AvgIpc) is 3.17. The zero-order chi connectivity index (χ0) is 20.9. The lowest BCUT2D eigenvalue weighted by atomic mass is 10.2. The Bertz CT molecular complexity index is 1020. The van der Waals surface area contributed by atoms with Gasteiger partial charge in [0.15, 0.2) is 10.2 Å². The van der Waals surface area contributed by atoms with Crippen LogP contribution in [-0.2, 0) is 17.9 Å². The van der Waals surface area contributed by atoms with E-state index >= 15 is 0 Å². The number of aromatic nitrogens is 1. The van der Waals surface area contributed by atoms with Crippen LogP contribution in [0.4, 0.5) is 5.82 Å². The summed E-state index contributed by atoms with van der Waals surface area (Å²) in [4.78, 5) is 35.2. The first kappa shape index (κ1) is 20.6. The monoisotopic (exact) mass is 437 g/mol. The minimum atomic E-state index is -0.126. The van der Waals surface area contributed by atoms with Crippen molar-refractivity contribution in [2.75, 3.05) is 17.2 Å². The minimum absolute atomic E-state index is 0.0427. The van der Waals surface area contributed by atoms with Crippen LogP contribution < -0.4 is 4.90 Å². The van der Waals surface area contributed by atoms with Gasteiger partial charge in [-0.1, -0.05) is 79.3 Å². The highest BCUT2D eigenvalue weighted by Crippen LogP contribution is 2.36. The summed E-state index contributed by atoms with van der Waals surface area (Å²) in [5.41, 5.74) is 2.01. The van der Waals surface area contributed by atoms with E-state index in [1.807, 2.05) is 60.7 Å². The van der Waals surface area contributed by atoms with Gasteiger partial charge < -0.3 is 4.90 Å². The zero-order valence-electron chi connectivity index (χ0n) is 16.8. The maximum atomic E-state index is 13.4. The molecule has 0 aliphatic carbocycles. The molecule has 154 valence electrons. The Morgan fingerprint density at radius 3 is 2.23 bits per heavy atom. The van der Waals surface area contributed by atoms with Crippen LogP contribution in [0.3, 0.4) is 0 Å². The highest BCUT2D eigenvalue weighted by Gasteiger charge is 2.35. The molecule has 4 rings (SSSR count). The quantitative estimate of drug-likeness (QED) is 0.497. The van der Waals surface area contributed by atoms with Crippen LogP contribution in [0.15, 0.2) is 65.0 Å². The molecule has 0 bridgehead atoms. The molecule has 0 saturated heterocycles. The third-order valence-electron chi connectivity index (χ3n) is 4.78. The molecule has 30 heavy (non-hydrogen) atoms. The number of carbonyl (C=O) groups excluding carboxylic acids is 2. The van der Waals surface area contributed by atoms with E-state index < -0.39 is 0 Å². The summed E-state index contributed by atoms with van der Waals surface area (Å²) in [7, 11) is 0. The predicted octanol–water partition coefficient (Wildman–Crippen LogP) is 4.83. The molecular formula is C23H23N3O2S2. The summed E-state index contributed by atoms with van der Waals surface area (Å²) >= 11 is 3.03. The fourth-order valence-corrected chi connectivity index (χ4v) is 5.34. The second-order valence-corrected chi connectivity index (χ2v) is 9.43. The van der Waals surface area contributed by atoms with Crippen molar-refractivity contribution in [3.8, 4) is 0 Å². The summed E-state index contributed by atoms with van der Waals surface area (Å²) in [6, 6.07) is 19.6. The van der Waals surface area contributed by atoms with E-state index in [9.17, 15) is 9.59 Å². The smallest absolute Gasteiger partial charge is 0.268 e. The van der Waals surface area contributed by atoms with E-state index in [-0.39, 0.29) is 18.4 Å². The first-order valence-corrected chi connectivity index (χ1v) is 11.8. The molecule has 0 atom stereocenters. The van der Waals surface area contributed by atoms with Crippen LogP contribution in [-0.4, -0.2) is 34.0 Å². The number of benzene rings is 2. The Hall–Kier alpha value is -2.64. The Labute approximate surface area is 184 Å². The number of thioether (sulfide) groups is 1. The molecule has 5 nitrogen and oxygen atoms in total. The van der Waals surface area contributed by atoms with Gasteiger partial charge in [-0.3, -0.25) is 14.5 Å². The summed E-state index contributed by atoms with van der Waals surface area (Å²) < 4.78 is 0.836. The van der Waals surface area contributed by atoms with Gasteiger partial charge in [-0.15, -0.1) is 11.3 Å². The lowest BCUT2D eigenvalue weighted by Gasteiger charge is -2.22. The third kappa shape index (κ3) is 4.57. The minimum Gasteiger partial charge on any atom is -0.324 e. The van der Waals surface area contributed by atoms with E-state index in [0.717, 1.165) is 27.6 Å². The number of hydrogen-bond acceptors (Lipinski definition) is 5. The molecule has 0 spiro atoms. The van der Waals surface area contributed by atoms with Crippen LogP contribution in [0.5, 0.6) is 0 Å². The predicted molar refractivity (Wildman–Crippen MR) is 122 cm³/mol. The number of carbonyl (C=O) groups is 2. The van der Waals surface area contributed by atoms with Crippen molar-refractivity contribution >= 4 is 40.7 Å². The normalized spacial score (nSPS) is 14.0. The number of thiazole rings is 1. The van der Waals surface area contributed by atoms with Gasteiger partial charge in [-0.2, -0.15) is 0 Å². The highest BCUT2D eigenvalue weighted by molar-refractivity contribution is 8.01. The molecule has 1 aliphatic heterocycles. The van der Waals surface area contributed by atoms with Gasteiger partial charge in [0.25, 0.3) is 5.91 Å². The topological polar surface area (TPSA) is 53.5 Å². The van der Waals surface area contributed by atoms with Crippen LogP contribution in [0, 0.1) is 0 Å². The molecule has 1 aromatic heterocycles. The number of amides is 2. The number of anilines is 1. The number of hydrogen-bond donors (Lipinski definition) is 0. The van der Waals surface area contributed by atoms with Crippen molar-refractivity contribution in [2.45, 2.75) is 30.8 Å². The van der Waals surface area contributed by atoms with Crippen LogP contribution in [0.25, 0.3) is 0 Å². The molecule has 0 fully saturated rings. The van der Waals surface area contributed by atoms with Crippen molar-refractivity contribution < 1.29 is 9.59 Å². The van der Waals surface area contributed by atoms with Crippen molar-refractivity contribution in [2.24, 2.45) is 0 Å². The Morgan fingerprint density at radius 1 is 0.967 bits per heavy atom. The average molecular weight is 438 g/mol. The van der Waals surface area contributed by atoms with Crippen molar-refractivity contribution in [3.05, 3.63) is 76.7 Å². The second kappa shape index (κ2) is 9.45. The van der Waals surface area contributed by atoms with E-state index in [2.05, 4.69) is 6.92 Å². The van der Waals surface area contributed by atoms with Gasteiger partial charge in [0.2, 0.25) is 5.91 Å². The molecular weight excluding hydrogens is 414 g/mol. The number of rotatable bonds is 7. The fraction of sp³-hybridized carbons (Fsp3) is 0.261. The molecule has 2 heterocycles. The summed E-state index contributed by atoms with van der Waals surface area (Å²) in [5, 5.41) is 0. The molecule has 2 aromatic carbocycles. The summed E-state index contributed by atoms with van der Waals surface area (Å²) in [6.45, 7) is 2.96. The lowest BCUT2D eigenvalue weighted by Crippen LogP contribution is -2.39. The SMILES string of the molecule is CCCSc1nc2c(s1)C(=O)N(Cc1ccccc1)CC(=O)N2Cc1ccccc1. The molecule has 0 radical (unpaired) electrons. The van der Waals surface area contributed by atoms with E-state index in [0.29, 0.717) is 23.8 Å². The summed E-state index contributed by atoms with van der Waals surface area (Å²) in [6.07, 6.45) is 1.02. The molecule has 0 saturated carbocycles. The molecule has 2 amide bonds. The van der Waals surface area contributed by atoms with E-state index in [4.69, 9.17) is 4.98 Å². The summed E-state index contributed by atoms with van der Waals surface area (Å²) in [5.74, 6) is 1.19. The molecule has 0 N–H and O–H groups in total. The van der Waals surface area contributed by atoms with Gasteiger partial charge >= 0.3 is 0 Å². The third-order valence-corrected chi connectivity index (χ3v) is 7.16. The van der Waals surface area contributed by atoms with Gasteiger partial charge in [0, 0.05) is 12.3 Å². The molecule has 0 unspecified atom stereocenters. The lowest BCUT2D eigenvalue weighted by molar-refractivity contribution is -0.119. The molecule has 7 heteroatoms. The molecule has 3 aromatic rings. The van der Waals surface area contributed by atoms with Crippen LogP contribution >= 0.6 is 23.1 Å². The van der Waals surface area contributed by atoms with Gasteiger partial charge in [-0.05, 0) is 17.5 Å². The number of nitrogens with zero attached hydrogens (tertiary/aromatic N) is 3. The fourth-order valence-electron chi connectivity index (χ4n) is 3.31. The van der Waals surface area contributed by atoms with Gasteiger partial charge in [-0.25, -0.2) is 4.98 Å². The van der Waals surface area contributed by atoms with E-state index in [1.165, 1.54) is 11.3 Å². The molecule has 1 aliphatic rings. The zero-order valence-corrected chi connectivity index (χ0v) is 18.4. The van der Waals surface area contributed by atoms with Gasteiger partial charge in [0.05, 0.1) is 6.54 Å². The van der Waals surface area contributed by atoms with Crippen molar-refractivity contribution in [1.82, 2.24) is 9.88 Å². The standard InChI is InChI=1S/C23H23N3O2S2/c1-2-13-29-23-24-21-20(30-23)22(28)25(14-17-9-5-3-6-10-17)16-19(27)26(21)15-18-11-7-4-8-12-18/h3-12H,2,13-16H2,1H3. The van der Waals surface area contributed by atoms with Crippen LogP contribution in [0.2, 0.25) is 0 Å². The second-order valence-electron chi connectivity index (χ2n) is 7.09.